The van der Waals surface area contributed by atoms with Gasteiger partial charge in [0.15, 0.2) is 0 Å². The lowest BCUT2D eigenvalue weighted by Crippen LogP contribution is -2.17. The van der Waals surface area contributed by atoms with Gasteiger partial charge in [0.2, 0.25) is 5.90 Å². The summed E-state index contributed by atoms with van der Waals surface area (Å²) in [5, 5.41) is 0. The summed E-state index contributed by atoms with van der Waals surface area (Å²) in [6.07, 6.45) is 0. The van der Waals surface area contributed by atoms with Crippen LogP contribution in [0.1, 0.15) is 19.4 Å². The second kappa shape index (κ2) is 3.99. The molecular weight excluding hydrogens is 226 g/mol. The van der Waals surface area contributed by atoms with E-state index in [4.69, 9.17) is 4.74 Å². The van der Waals surface area contributed by atoms with Gasteiger partial charge in [0.05, 0.1) is 11.1 Å². The molecule has 0 N–H and O–H groups in total. The molecule has 86 valence electrons. The molecule has 1 aliphatic heterocycles. The van der Waals surface area contributed by atoms with Gasteiger partial charge in [-0.05, 0) is 37.1 Å². The number of rotatable bonds is 2. The van der Waals surface area contributed by atoms with Gasteiger partial charge >= 0.3 is 0 Å². The number of hydrogen-bond acceptors (Lipinski definition) is 4. The second-order valence-corrected chi connectivity index (χ2v) is 5.16. The van der Waals surface area contributed by atoms with Gasteiger partial charge < -0.3 is 9.29 Å². The van der Waals surface area contributed by atoms with E-state index in [1.165, 1.54) is 6.07 Å². The molecule has 0 amide bonds. The molecule has 0 saturated heterocycles. The quantitative estimate of drug-likeness (QED) is 0.733. The fraction of sp³-hybridized carbons (Fsp3) is 0.364. The van der Waals surface area contributed by atoms with Crippen LogP contribution in [0.25, 0.3) is 0 Å². The van der Waals surface area contributed by atoms with Crippen LogP contribution in [-0.4, -0.2) is 26.8 Å². The van der Waals surface area contributed by atoms with E-state index in [9.17, 15) is 8.76 Å². The van der Waals surface area contributed by atoms with Crippen molar-refractivity contribution in [3.8, 4) is 0 Å². The Balaban J connectivity index is 2.46. The van der Waals surface area contributed by atoms with Crippen LogP contribution in [0.3, 0.4) is 0 Å². The van der Waals surface area contributed by atoms with Crippen molar-refractivity contribution < 1.29 is 13.5 Å². The topological polar surface area (TPSA) is 61.7 Å². The first-order valence-corrected chi connectivity index (χ1v) is 5.98. The van der Waals surface area contributed by atoms with Crippen molar-refractivity contribution in [3.05, 3.63) is 29.8 Å². The lowest BCUT2D eigenvalue weighted by molar-refractivity contribution is 0.279. The largest absolute Gasteiger partial charge is 0.768 e. The van der Waals surface area contributed by atoms with Gasteiger partial charge in [-0.15, -0.1) is 0 Å². The van der Waals surface area contributed by atoms with Gasteiger partial charge in [0.1, 0.15) is 6.61 Å². The molecule has 0 aliphatic carbocycles. The Morgan fingerprint density at radius 2 is 2.12 bits per heavy atom. The molecule has 1 unspecified atom stereocenters. The van der Waals surface area contributed by atoms with Crippen LogP contribution in [0.15, 0.2) is 34.2 Å². The molecule has 1 heterocycles. The summed E-state index contributed by atoms with van der Waals surface area (Å²) in [5.74, 6) is 0.407. The predicted molar refractivity (Wildman–Crippen MR) is 60.2 cm³/mol. The number of hydrogen-bond donors (Lipinski definition) is 0. The SMILES string of the molecule is CC1(C)COC(c2ccccc2S(=O)[O-])=N1. The van der Waals surface area contributed by atoms with Crippen LogP contribution in [0.5, 0.6) is 0 Å². The molecule has 1 aliphatic rings. The number of ether oxygens (including phenoxy) is 1. The molecule has 5 heteroatoms. The van der Waals surface area contributed by atoms with Gasteiger partial charge in [-0.3, -0.25) is 4.21 Å². The van der Waals surface area contributed by atoms with E-state index in [2.05, 4.69) is 4.99 Å². The Labute approximate surface area is 96.6 Å². The first kappa shape index (κ1) is 11.3. The number of benzene rings is 1. The fourth-order valence-corrected chi connectivity index (χ4v) is 2.04. The first-order valence-electron chi connectivity index (χ1n) is 4.91. The molecule has 0 fully saturated rings. The molecule has 1 atom stereocenters. The Bertz CT molecular complexity index is 468. The lowest BCUT2D eigenvalue weighted by atomic mass is 10.1. The fourth-order valence-electron chi connectivity index (χ4n) is 1.51. The molecule has 0 spiro atoms. The van der Waals surface area contributed by atoms with Crippen LogP contribution in [0.2, 0.25) is 0 Å². The zero-order valence-electron chi connectivity index (χ0n) is 9.10. The smallest absolute Gasteiger partial charge is 0.218 e. The molecule has 4 nitrogen and oxygen atoms in total. The molecule has 16 heavy (non-hydrogen) atoms. The van der Waals surface area contributed by atoms with Gasteiger partial charge in [-0.2, -0.15) is 0 Å². The van der Waals surface area contributed by atoms with E-state index < -0.39 is 11.1 Å². The van der Waals surface area contributed by atoms with Crippen LogP contribution < -0.4 is 0 Å². The maximum atomic E-state index is 11.0. The molecule has 0 radical (unpaired) electrons. The van der Waals surface area contributed by atoms with Crippen molar-refractivity contribution in [3.63, 3.8) is 0 Å². The standard InChI is InChI=1S/C11H13NO3S/c1-11(2)7-15-10(12-11)8-5-3-4-6-9(8)16(13)14/h3-6H,7H2,1-2H3,(H,13,14)/p-1. The molecule has 0 bridgehead atoms. The maximum Gasteiger partial charge on any atom is 0.218 e. The summed E-state index contributed by atoms with van der Waals surface area (Å²) in [7, 11) is 0. The van der Waals surface area contributed by atoms with Crippen molar-refractivity contribution in [2.75, 3.05) is 6.61 Å². The Morgan fingerprint density at radius 3 is 2.69 bits per heavy atom. The summed E-state index contributed by atoms with van der Waals surface area (Å²) in [6, 6.07) is 6.68. The average Bonchev–Trinajstić information content (AvgIpc) is 2.59. The van der Waals surface area contributed by atoms with E-state index in [0.29, 0.717) is 18.1 Å². The summed E-state index contributed by atoms with van der Waals surface area (Å²) in [4.78, 5) is 4.58. The molecular formula is C11H12NO3S-. The Hall–Kier alpha value is -1.20. The average molecular weight is 238 g/mol. The zero-order chi connectivity index (χ0) is 11.8. The summed E-state index contributed by atoms with van der Waals surface area (Å²) in [6.45, 7) is 4.36. The van der Waals surface area contributed by atoms with E-state index in [1.807, 2.05) is 13.8 Å². The van der Waals surface area contributed by atoms with Gasteiger partial charge in [0, 0.05) is 4.90 Å². The van der Waals surface area contributed by atoms with Crippen LogP contribution in [-0.2, 0) is 15.8 Å². The van der Waals surface area contributed by atoms with Crippen molar-refractivity contribution in [1.82, 2.24) is 0 Å². The minimum atomic E-state index is -2.27. The third kappa shape index (κ3) is 2.15. The summed E-state index contributed by atoms with van der Waals surface area (Å²) >= 11 is -2.27. The van der Waals surface area contributed by atoms with Crippen molar-refractivity contribution >= 4 is 17.0 Å². The lowest BCUT2D eigenvalue weighted by Gasteiger charge is -2.10. The normalized spacial score (nSPS) is 20.1. The van der Waals surface area contributed by atoms with Crippen LogP contribution in [0.4, 0.5) is 0 Å². The Kier molecular flexibility index (Phi) is 2.82. The molecule has 0 saturated carbocycles. The van der Waals surface area contributed by atoms with E-state index >= 15 is 0 Å². The van der Waals surface area contributed by atoms with E-state index in [1.54, 1.807) is 18.2 Å². The maximum absolute atomic E-state index is 11.0. The van der Waals surface area contributed by atoms with Crippen molar-refractivity contribution in [1.29, 1.82) is 0 Å². The van der Waals surface area contributed by atoms with Crippen LogP contribution >= 0.6 is 0 Å². The third-order valence-electron chi connectivity index (χ3n) is 2.26. The van der Waals surface area contributed by atoms with Crippen molar-refractivity contribution in [2.24, 2.45) is 4.99 Å². The van der Waals surface area contributed by atoms with Gasteiger partial charge in [0.25, 0.3) is 0 Å². The molecule has 1 aromatic carbocycles. The third-order valence-corrected chi connectivity index (χ3v) is 2.98. The minimum Gasteiger partial charge on any atom is -0.768 e. The Morgan fingerprint density at radius 1 is 1.44 bits per heavy atom. The zero-order valence-corrected chi connectivity index (χ0v) is 9.91. The molecule has 0 aromatic heterocycles. The second-order valence-electron chi connectivity index (χ2n) is 4.25. The van der Waals surface area contributed by atoms with E-state index in [-0.39, 0.29) is 10.4 Å². The molecule has 2 rings (SSSR count). The highest BCUT2D eigenvalue weighted by Gasteiger charge is 2.28. The highest BCUT2D eigenvalue weighted by atomic mass is 32.2. The molecule has 1 aromatic rings. The summed E-state index contributed by atoms with van der Waals surface area (Å²) < 4.78 is 27.5. The minimum absolute atomic E-state index is 0.221. The monoisotopic (exact) mass is 238 g/mol. The van der Waals surface area contributed by atoms with Crippen LogP contribution in [0, 0.1) is 0 Å². The highest BCUT2D eigenvalue weighted by molar-refractivity contribution is 7.79. The number of nitrogens with zero attached hydrogens (tertiary/aromatic N) is 1. The first-order chi connectivity index (χ1) is 7.49. The predicted octanol–water partition coefficient (Wildman–Crippen LogP) is 1.48. The van der Waals surface area contributed by atoms with Gasteiger partial charge in [-0.25, -0.2) is 4.99 Å². The summed E-state index contributed by atoms with van der Waals surface area (Å²) in [5.41, 5.74) is 0.244. The van der Waals surface area contributed by atoms with Gasteiger partial charge in [-0.1, -0.05) is 12.1 Å². The number of aliphatic imine (C=N–C) groups is 1. The van der Waals surface area contributed by atoms with Crippen molar-refractivity contribution in [2.45, 2.75) is 24.3 Å². The highest BCUT2D eigenvalue weighted by Crippen LogP contribution is 2.23. The van der Waals surface area contributed by atoms with E-state index in [0.717, 1.165) is 0 Å².